The third-order valence-electron chi connectivity index (χ3n) is 2.61. The highest BCUT2D eigenvalue weighted by molar-refractivity contribution is 7.91. The lowest BCUT2D eigenvalue weighted by Gasteiger charge is -2.21. The van der Waals surface area contributed by atoms with E-state index in [0.29, 0.717) is 19.4 Å². The zero-order valence-electron chi connectivity index (χ0n) is 10.5. The van der Waals surface area contributed by atoms with Gasteiger partial charge >= 0.3 is 0 Å². The van der Waals surface area contributed by atoms with Crippen molar-refractivity contribution in [3.8, 4) is 0 Å². The maximum Gasteiger partial charge on any atom is 0.150 e. The van der Waals surface area contributed by atoms with Gasteiger partial charge in [-0.2, -0.15) is 0 Å². The Balaban J connectivity index is 3.92. The molecule has 1 N–H and O–H groups in total. The van der Waals surface area contributed by atoms with Gasteiger partial charge in [-0.3, -0.25) is 0 Å². The number of aliphatic hydroxyl groups excluding tert-OH is 1. The van der Waals surface area contributed by atoms with Gasteiger partial charge in [0.1, 0.15) is 9.84 Å². The SMILES string of the molecule is CCOC(CC)C(O)CCCS(=O)(=O)CC. The van der Waals surface area contributed by atoms with Gasteiger partial charge in [-0.25, -0.2) is 8.42 Å². The van der Waals surface area contributed by atoms with Crippen molar-refractivity contribution in [2.75, 3.05) is 18.1 Å². The number of ether oxygens (including phenoxy) is 1. The first kappa shape index (κ1) is 15.9. The minimum absolute atomic E-state index is 0.156. The summed E-state index contributed by atoms with van der Waals surface area (Å²) in [5, 5.41) is 9.79. The van der Waals surface area contributed by atoms with Crippen molar-refractivity contribution in [2.45, 2.75) is 52.2 Å². The molecule has 0 rings (SSSR count). The lowest BCUT2D eigenvalue weighted by molar-refractivity contribution is -0.0372. The van der Waals surface area contributed by atoms with Crippen molar-refractivity contribution < 1.29 is 18.3 Å². The molecule has 0 aromatic heterocycles. The van der Waals surface area contributed by atoms with Gasteiger partial charge in [-0.05, 0) is 26.2 Å². The van der Waals surface area contributed by atoms with Crippen molar-refractivity contribution >= 4 is 9.84 Å². The molecule has 0 aromatic carbocycles. The smallest absolute Gasteiger partial charge is 0.150 e. The Morgan fingerprint density at radius 1 is 1.25 bits per heavy atom. The Labute approximate surface area is 98.9 Å². The van der Waals surface area contributed by atoms with Gasteiger partial charge in [0.2, 0.25) is 0 Å². The van der Waals surface area contributed by atoms with E-state index in [1.54, 1.807) is 6.92 Å². The fourth-order valence-electron chi connectivity index (χ4n) is 1.56. The van der Waals surface area contributed by atoms with Crippen LogP contribution in [0.1, 0.15) is 40.0 Å². The van der Waals surface area contributed by atoms with E-state index in [1.165, 1.54) is 0 Å². The van der Waals surface area contributed by atoms with Crippen LogP contribution in [0.25, 0.3) is 0 Å². The first-order valence-electron chi connectivity index (χ1n) is 5.96. The van der Waals surface area contributed by atoms with Crippen molar-refractivity contribution in [3.63, 3.8) is 0 Å². The molecule has 0 amide bonds. The molecule has 0 radical (unpaired) electrons. The summed E-state index contributed by atoms with van der Waals surface area (Å²) in [6.45, 7) is 6.05. The molecule has 2 atom stereocenters. The van der Waals surface area contributed by atoms with Gasteiger partial charge in [-0.1, -0.05) is 13.8 Å². The lowest BCUT2D eigenvalue weighted by Crippen LogP contribution is -2.29. The van der Waals surface area contributed by atoms with Gasteiger partial charge in [-0.15, -0.1) is 0 Å². The second-order valence-electron chi connectivity index (χ2n) is 3.85. The van der Waals surface area contributed by atoms with Crippen LogP contribution in [0.2, 0.25) is 0 Å². The average molecular weight is 252 g/mol. The van der Waals surface area contributed by atoms with Crippen LogP contribution in [-0.2, 0) is 14.6 Å². The maximum absolute atomic E-state index is 11.2. The maximum atomic E-state index is 11.2. The van der Waals surface area contributed by atoms with Crippen molar-refractivity contribution in [1.29, 1.82) is 0 Å². The van der Waals surface area contributed by atoms with Crippen LogP contribution in [0.5, 0.6) is 0 Å². The van der Waals surface area contributed by atoms with E-state index in [1.807, 2.05) is 13.8 Å². The topological polar surface area (TPSA) is 63.6 Å². The highest BCUT2D eigenvalue weighted by Crippen LogP contribution is 2.11. The number of rotatable bonds is 9. The summed E-state index contributed by atoms with van der Waals surface area (Å²) in [6, 6.07) is 0. The van der Waals surface area contributed by atoms with Crippen molar-refractivity contribution in [2.24, 2.45) is 0 Å². The van der Waals surface area contributed by atoms with Crippen molar-refractivity contribution in [1.82, 2.24) is 0 Å². The molecule has 0 spiro atoms. The van der Waals surface area contributed by atoms with Gasteiger partial charge in [0, 0.05) is 12.4 Å². The van der Waals surface area contributed by atoms with Gasteiger partial charge in [0.15, 0.2) is 0 Å². The number of hydrogen-bond acceptors (Lipinski definition) is 4. The Morgan fingerprint density at radius 3 is 2.31 bits per heavy atom. The normalized spacial score (nSPS) is 16.0. The second kappa shape index (κ2) is 8.03. The number of hydrogen-bond donors (Lipinski definition) is 1. The standard InChI is InChI=1S/C11H24O4S/c1-4-11(15-5-2)10(12)8-7-9-16(13,14)6-3/h10-12H,4-9H2,1-3H3. The van der Waals surface area contributed by atoms with E-state index in [2.05, 4.69) is 0 Å². The molecule has 0 aliphatic rings. The average Bonchev–Trinajstić information content (AvgIpc) is 2.25. The quantitative estimate of drug-likeness (QED) is 0.673. The Kier molecular flexibility index (Phi) is 7.97. The molecule has 0 aliphatic heterocycles. The molecular weight excluding hydrogens is 228 g/mol. The lowest BCUT2D eigenvalue weighted by atomic mass is 10.1. The van der Waals surface area contributed by atoms with E-state index in [4.69, 9.17) is 4.74 Å². The Hall–Kier alpha value is -0.130. The molecule has 0 saturated carbocycles. The Bertz CT molecular complexity index is 261. The molecule has 0 bridgehead atoms. The zero-order valence-corrected chi connectivity index (χ0v) is 11.3. The fraction of sp³-hybridized carbons (Fsp3) is 1.00. The number of sulfone groups is 1. The van der Waals surface area contributed by atoms with E-state index in [9.17, 15) is 13.5 Å². The predicted octanol–water partition coefficient (Wildman–Crippen LogP) is 1.38. The molecule has 98 valence electrons. The first-order chi connectivity index (χ1) is 7.46. The number of aliphatic hydroxyl groups is 1. The highest BCUT2D eigenvalue weighted by atomic mass is 32.2. The third-order valence-corrected chi connectivity index (χ3v) is 4.40. The van der Waals surface area contributed by atoms with Gasteiger partial charge in [0.25, 0.3) is 0 Å². The van der Waals surface area contributed by atoms with Crippen LogP contribution >= 0.6 is 0 Å². The van der Waals surface area contributed by atoms with E-state index < -0.39 is 15.9 Å². The van der Waals surface area contributed by atoms with Crippen molar-refractivity contribution in [3.05, 3.63) is 0 Å². The van der Waals surface area contributed by atoms with Crippen LogP contribution in [-0.4, -0.2) is 43.8 Å². The molecular formula is C11H24O4S. The van der Waals surface area contributed by atoms with E-state index in [-0.39, 0.29) is 17.6 Å². The zero-order chi connectivity index (χ0) is 12.6. The largest absolute Gasteiger partial charge is 0.390 e. The molecule has 0 heterocycles. The van der Waals surface area contributed by atoms with E-state index in [0.717, 1.165) is 6.42 Å². The Morgan fingerprint density at radius 2 is 1.88 bits per heavy atom. The van der Waals surface area contributed by atoms with Gasteiger partial charge in [0.05, 0.1) is 18.0 Å². The monoisotopic (exact) mass is 252 g/mol. The van der Waals surface area contributed by atoms with Crippen LogP contribution < -0.4 is 0 Å². The van der Waals surface area contributed by atoms with Crippen LogP contribution in [0, 0.1) is 0 Å². The summed E-state index contributed by atoms with van der Waals surface area (Å²) in [7, 11) is -2.91. The van der Waals surface area contributed by atoms with E-state index >= 15 is 0 Å². The van der Waals surface area contributed by atoms with Crippen LogP contribution in [0.15, 0.2) is 0 Å². The molecule has 5 heteroatoms. The molecule has 0 fully saturated rings. The molecule has 0 saturated heterocycles. The minimum Gasteiger partial charge on any atom is -0.390 e. The second-order valence-corrected chi connectivity index (χ2v) is 6.32. The van der Waals surface area contributed by atoms with Crippen LogP contribution in [0.4, 0.5) is 0 Å². The van der Waals surface area contributed by atoms with Gasteiger partial charge < -0.3 is 9.84 Å². The summed E-state index contributed by atoms with van der Waals surface area (Å²) in [6.07, 6.45) is 1.00. The molecule has 0 aromatic rings. The summed E-state index contributed by atoms with van der Waals surface area (Å²) in [5.74, 6) is 0.328. The first-order valence-corrected chi connectivity index (χ1v) is 7.79. The molecule has 4 nitrogen and oxygen atoms in total. The third kappa shape index (κ3) is 6.45. The summed E-state index contributed by atoms with van der Waals surface area (Å²) >= 11 is 0. The highest BCUT2D eigenvalue weighted by Gasteiger charge is 2.18. The van der Waals surface area contributed by atoms with Crippen LogP contribution in [0.3, 0.4) is 0 Å². The molecule has 16 heavy (non-hydrogen) atoms. The summed E-state index contributed by atoms with van der Waals surface area (Å²) in [4.78, 5) is 0. The summed E-state index contributed by atoms with van der Waals surface area (Å²) in [5.41, 5.74) is 0. The molecule has 2 unspecified atom stereocenters. The summed E-state index contributed by atoms with van der Waals surface area (Å²) < 4.78 is 27.8. The minimum atomic E-state index is -2.91. The predicted molar refractivity (Wildman–Crippen MR) is 65.3 cm³/mol. The fourth-order valence-corrected chi connectivity index (χ4v) is 2.45. The molecule has 0 aliphatic carbocycles.